The van der Waals surface area contributed by atoms with Crippen molar-refractivity contribution in [3.63, 3.8) is 0 Å². The summed E-state index contributed by atoms with van der Waals surface area (Å²) in [6.45, 7) is 7.47. The fraction of sp³-hybridized carbons (Fsp3) is 0.588. The summed E-state index contributed by atoms with van der Waals surface area (Å²) in [6.07, 6.45) is 3.39. The Morgan fingerprint density at radius 2 is 1.90 bits per heavy atom. The Balaban J connectivity index is 1.79. The Hall–Kier alpha value is -1.39. The van der Waals surface area contributed by atoms with E-state index in [0.29, 0.717) is 0 Å². The second kappa shape index (κ2) is 8.80. The van der Waals surface area contributed by atoms with Crippen LogP contribution in [0.15, 0.2) is 24.3 Å². The van der Waals surface area contributed by atoms with Gasteiger partial charge in [0.1, 0.15) is 0 Å². The Bertz CT molecular complexity index is 425. The van der Waals surface area contributed by atoms with Gasteiger partial charge in [0.2, 0.25) is 0 Å². The van der Waals surface area contributed by atoms with Gasteiger partial charge in [0.05, 0.1) is 13.2 Å². The van der Waals surface area contributed by atoms with Crippen molar-refractivity contribution >= 4 is 5.91 Å². The number of amides is 1. The standard InChI is InChI=1S/C17H26N2O2/c1-2-3-4-9-18-17(20)16-7-5-15(6-8-16)14-19-10-12-21-13-11-19/h5-8H,2-4,9-14H2,1H3,(H,18,20). The van der Waals surface area contributed by atoms with E-state index in [9.17, 15) is 4.79 Å². The van der Waals surface area contributed by atoms with Gasteiger partial charge in [-0.05, 0) is 24.1 Å². The molecule has 21 heavy (non-hydrogen) atoms. The molecule has 0 bridgehead atoms. The van der Waals surface area contributed by atoms with Crippen LogP contribution < -0.4 is 5.32 Å². The van der Waals surface area contributed by atoms with Gasteiger partial charge < -0.3 is 10.1 Å². The van der Waals surface area contributed by atoms with Gasteiger partial charge in [-0.3, -0.25) is 9.69 Å². The summed E-state index contributed by atoms with van der Waals surface area (Å²) in [5.74, 6) is 0.0315. The van der Waals surface area contributed by atoms with Gasteiger partial charge in [-0.2, -0.15) is 0 Å². The summed E-state index contributed by atoms with van der Waals surface area (Å²) in [5, 5.41) is 2.97. The number of morpholine rings is 1. The molecule has 4 nitrogen and oxygen atoms in total. The van der Waals surface area contributed by atoms with Gasteiger partial charge in [-0.25, -0.2) is 0 Å². The number of ether oxygens (including phenoxy) is 1. The van der Waals surface area contributed by atoms with E-state index in [2.05, 4.69) is 29.3 Å². The van der Waals surface area contributed by atoms with Crippen LogP contribution in [-0.4, -0.2) is 43.7 Å². The molecule has 2 rings (SSSR count). The molecule has 0 spiro atoms. The molecule has 1 amide bonds. The Morgan fingerprint density at radius 3 is 2.57 bits per heavy atom. The summed E-state index contributed by atoms with van der Waals surface area (Å²) >= 11 is 0. The van der Waals surface area contributed by atoms with Crippen molar-refractivity contribution in [2.45, 2.75) is 32.7 Å². The van der Waals surface area contributed by atoms with Crippen molar-refractivity contribution in [2.24, 2.45) is 0 Å². The highest BCUT2D eigenvalue weighted by Crippen LogP contribution is 2.09. The summed E-state index contributed by atoms with van der Waals surface area (Å²) in [5.41, 5.74) is 2.00. The number of hydrogen-bond donors (Lipinski definition) is 1. The first-order valence-corrected chi connectivity index (χ1v) is 7.97. The molecule has 1 aromatic rings. The zero-order chi connectivity index (χ0) is 14.9. The number of carbonyl (C=O) groups excluding carboxylic acids is 1. The molecule has 1 fully saturated rings. The van der Waals surface area contributed by atoms with E-state index < -0.39 is 0 Å². The second-order valence-corrected chi connectivity index (χ2v) is 5.55. The number of unbranched alkanes of at least 4 members (excludes halogenated alkanes) is 2. The van der Waals surface area contributed by atoms with Crippen molar-refractivity contribution in [1.29, 1.82) is 0 Å². The fourth-order valence-corrected chi connectivity index (χ4v) is 2.46. The molecule has 0 atom stereocenters. The van der Waals surface area contributed by atoms with Gasteiger partial charge >= 0.3 is 0 Å². The fourth-order valence-electron chi connectivity index (χ4n) is 2.46. The van der Waals surface area contributed by atoms with E-state index in [1.54, 1.807) is 0 Å². The van der Waals surface area contributed by atoms with Crippen molar-refractivity contribution in [1.82, 2.24) is 10.2 Å². The number of nitrogens with one attached hydrogen (secondary N) is 1. The molecule has 1 aromatic carbocycles. The molecule has 1 saturated heterocycles. The zero-order valence-electron chi connectivity index (χ0n) is 12.9. The molecule has 0 radical (unpaired) electrons. The highest BCUT2D eigenvalue weighted by Gasteiger charge is 2.11. The van der Waals surface area contributed by atoms with Crippen LogP contribution in [0.2, 0.25) is 0 Å². The second-order valence-electron chi connectivity index (χ2n) is 5.55. The Kier molecular flexibility index (Phi) is 6.70. The van der Waals surface area contributed by atoms with Crippen molar-refractivity contribution < 1.29 is 9.53 Å². The monoisotopic (exact) mass is 290 g/mol. The number of hydrogen-bond acceptors (Lipinski definition) is 3. The first-order chi connectivity index (χ1) is 10.3. The van der Waals surface area contributed by atoms with Crippen LogP contribution in [-0.2, 0) is 11.3 Å². The molecule has 116 valence electrons. The van der Waals surface area contributed by atoms with Crippen LogP contribution in [0.1, 0.15) is 42.1 Å². The number of nitrogens with zero attached hydrogens (tertiary/aromatic N) is 1. The van der Waals surface area contributed by atoms with Crippen molar-refractivity contribution in [3.05, 3.63) is 35.4 Å². The third-order valence-electron chi connectivity index (χ3n) is 3.79. The highest BCUT2D eigenvalue weighted by atomic mass is 16.5. The SMILES string of the molecule is CCCCCNC(=O)c1ccc(CN2CCOCC2)cc1. The lowest BCUT2D eigenvalue weighted by Crippen LogP contribution is -2.35. The zero-order valence-corrected chi connectivity index (χ0v) is 12.9. The largest absolute Gasteiger partial charge is 0.379 e. The van der Waals surface area contributed by atoms with Crippen molar-refractivity contribution in [3.8, 4) is 0 Å². The summed E-state index contributed by atoms with van der Waals surface area (Å²) in [6, 6.07) is 7.95. The van der Waals surface area contributed by atoms with E-state index >= 15 is 0 Å². The number of carbonyl (C=O) groups is 1. The first-order valence-electron chi connectivity index (χ1n) is 7.97. The van der Waals surface area contributed by atoms with Crippen LogP contribution in [0.25, 0.3) is 0 Å². The lowest BCUT2D eigenvalue weighted by atomic mass is 10.1. The average Bonchev–Trinajstić information content (AvgIpc) is 2.53. The molecule has 1 heterocycles. The maximum Gasteiger partial charge on any atom is 0.251 e. The number of rotatable bonds is 7. The van der Waals surface area contributed by atoms with E-state index in [1.165, 1.54) is 18.4 Å². The molecule has 1 aliphatic rings. The highest BCUT2D eigenvalue weighted by molar-refractivity contribution is 5.94. The Labute approximate surface area is 127 Å². The minimum Gasteiger partial charge on any atom is -0.379 e. The molecule has 1 N–H and O–H groups in total. The first kappa shape index (κ1) is 16.0. The Morgan fingerprint density at radius 1 is 1.19 bits per heavy atom. The lowest BCUT2D eigenvalue weighted by molar-refractivity contribution is 0.0342. The average molecular weight is 290 g/mol. The van der Waals surface area contributed by atoms with Crippen LogP contribution in [0.4, 0.5) is 0 Å². The van der Waals surface area contributed by atoms with Gasteiger partial charge in [0.15, 0.2) is 0 Å². The molecule has 0 unspecified atom stereocenters. The minimum atomic E-state index is 0.0315. The van der Waals surface area contributed by atoms with Gasteiger partial charge in [-0.15, -0.1) is 0 Å². The quantitative estimate of drug-likeness (QED) is 0.784. The van der Waals surface area contributed by atoms with Crippen LogP contribution in [0, 0.1) is 0 Å². The summed E-state index contributed by atoms with van der Waals surface area (Å²) in [4.78, 5) is 14.3. The van der Waals surface area contributed by atoms with Crippen LogP contribution >= 0.6 is 0 Å². The third-order valence-corrected chi connectivity index (χ3v) is 3.79. The van der Waals surface area contributed by atoms with Gasteiger partial charge in [0.25, 0.3) is 5.91 Å². The summed E-state index contributed by atoms with van der Waals surface area (Å²) in [7, 11) is 0. The molecule has 0 aromatic heterocycles. The van der Waals surface area contributed by atoms with E-state index in [4.69, 9.17) is 4.74 Å². The molecular formula is C17H26N2O2. The lowest BCUT2D eigenvalue weighted by Gasteiger charge is -2.26. The van der Waals surface area contributed by atoms with Crippen LogP contribution in [0.5, 0.6) is 0 Å². The molecule has 1 aliphatic heterocycles. The van der Waals surface area contributed by atoms with Gasteiger partial charge in [-0.1, -0.05) is 31.9 Å². The van der Waals surface area contributed by atoms with E-state index in [-0.39, 0.29) is 5.91 Å². The number of benzene rings is 1. The van der Waals surface area contributed by atoms with Gasteiger partial charge in [0, 0.05) is 31.7 Å². The van der Waals surface area contributed by atoms with E-state index in [1.807, 2.05) is 12.1 Å². The summed E-state index contributed by atoms with van der Waals surface area (Å²) < 4.78 is 5.35. The minimum absolute atomic E-state index is 0.0315. The predicted molar refractivity (Wildman–Crippen MR) is 84.4 cm³/mol. The molecule has 0 saturated carbocycles. The van der Waals surface area contributed by atoms with Crippen LogP contribution in [0.3, 0.4) is 0 Å². The molecule has 4 heteroatoms. The molecule has 0 aliphatic carbocycles. The maximum atomic E-state index is 12.0. The topological polar surface area (TPSA) is 41.6 Å². The normalized spacial score (nSPS) is 15.9. The predicted octanol–water partition coefficient (Wildman–Crippen LogP) is 2.44. The smallest absolute Gasteiger partial charge is 0.251 e. The third kappa shape index (κ3) is 5.48. The maximum absolute atomic E-state index is 12.0. The van der Waals surface area contributed by atoms with Crippen molar-refractivity contribution in [2.75, 3.05) is 32.8 Å². The van der Waals surface area contributed by atoms with E-state index in [0.717, 1.165) is 51.4 Å². The molecular weight excluding hydrogens is 264 g/mol.